The molecule has 132 valence electrons. The lowest BCUT2D eigenvalue weighted by molar-refractivity contribution is -0.140. The Hall–Kier alpha value is -1.92. The zero-order valence-electron chi connectivity index (χ0n) is 14.7. The van der Waals surface area contributed by atoms with Gasteiger partial charge in [-0.25, -0.2) is 0 Å². The molecule has 0 bridgehead atoms. The van der Waals surface area contributed by atoms with Crippen LogP contribution in [0, 0.1) is 0 Å². The standard InChI is InChI=1S/C18H27N3O3/c1-14(18(23)21-9-11-24-12-10-21)19-17(22)16(20(2)3)13-15-7-5-4-6-8-15/h4-8,14,16H,9-13H2,1-3H3,(H,19,22)/t14-,16+/m0/s1. The Labute approximate surface area is 143 Å². The lowest BCUT2D eigenvalue weighted by Gasteiger charge is -2.31. The van der Waals surface area contributed by atoms with Crippen LogP contribution in [0.1, 0.15) is 12.5 Å². The van der Waals surface area contributed by atoms with Gasteiger partial charge in [0.25, 0.3) is 0 Å². The quantitative estimate of drug-likeness (QED) is 0.825. The second kappa shape index (κ2) is 8.80. The molecule has 1 aromatic rings. The Bertz CT molecular complexity index is 542. The van der Waals surface area contributed by atoms with Gasteiger partial charge in [0.2, 0.25) is 11.8 Å². The third-order valence-electron chi connectivity index (χ3n) is 4.25. The van der Waals surface area contributed by atoms with Crippen molar-refractivity contribution in [2.45, 2.75) is 25.4 Å². The molecule has 0 spiro atoms. The number of carbonyl (C=O) groups is 2. The van der Waals surface area contributed by atoms with Crippen molar-refractivity contribution in [3.63, 3.8) is 0 Å². The fraction of sp³-hybridized carbons (Fsp3) is 0.556. The fourth-order valence-corrected chi connectivity index (χ4v) is 2.78. The van der Waals surface area contributed by atoms with Crippen LogP contribution in [-0.4, -0.2) is 74.1 Å². The Kier molecular flexibility index (Phi) is 6.75. The molecule has 0 aromatic heterocycles. The number of nitrogens with zero attached hydrogens (tertiary/aromatic N) is 2. The molecule has 0 unspecified atom stereocenters. The highest BCUT2D eigenvalue weighted by Crippen LogP contribution is 2.08. The zero-order chi connectivity index (χ0) is 17.5. The van der Waals surface area contributed by atoms with E-state index >= 15 is 0 Å². The van der Waals surface area contributed by atoms with Gasteiger partial charge in [-0.05, 0) is 33.0 Å². The van der Waals surface area contributed by atoms with Crippen LogP contribution in [0.5, 0.6) is 0 Å². The number of morpholine rings is 1. The molecule has 2 rings (SSSR count). The van der Waals surface area contributed by atoms with Gasteiger partial charge in [-0.2, -0.15) is 0 Å². The number of amides is 2. The first-order valence-corrected chi connectivity index (χ1v) is 8.36. The normalized spacial score (nSPS) is 17.4. The van der Waals surface area contributed by atoms with Crippen LogP contribution in [0.25, 0.3) is 0 Å². The zero-order valence-corrected chi connectivity index (χ0v) is 14.7. The first-order chi connectivity index (χ1) is 11.5. The Morgan fingerprint density at radius 1 is 1.21 bits per heavy atom. The minimum Gasteiger partial charge on any atom is -0.378 e. The summed E-state index contributed by atoms with van der Waals surface area (Å²) in [5.74, 6) is -0.179. The highest BCUT2D eigenvalue weighted by Gasteiger charge is 2.27. The molecule has 0 aliphatic carbocycles. The summed E-state index contributed by atoms with van der Waals surface area (Å²) in [6, 6.07) is 9.05. The van der Waals surface area contributed by atoms with Crippen molar-refractivity contribution in [2.24, 2.45) is 0 Å². The van der Waals surface area contributed by atoms with Crippen LogP contribution in [-0.2, 0) is 20.7 Å². The number of ether oxygens (including phenoxy) is 1. The number of benzene rings is 1. The van der Waals surface area contributed by atoms with E-state index in [9.17, 15) is 9.59 Å². The summed E-state index contributed by atoms with van der Waals surface area (Å²) >= 11 is 0. The molecule has 1 aromatic carbocycles. The molecule has 2 amide bonds. The van der Waals surface area contributed by atoms with E-state index in [2.05, 4.69) is 5.32 Å². The fourth-order valence-electron chi connectivity index (χ4n) is 2.78. The largest absolute Gasteiger partial charge is 0.378 e. The number of rotatable bonds is 6. The molecule has 6 heteroatoms. The van der Waals surface area contributed by atoms with Crippen LogP contribution >= 0.6 is 0 Å². The summed E-state index contributed by atoms with van der Waals surface area (Å²) in [6.45, 7) is 4.02. The molecule has 1 heterocycles. The van der Waals surface area contributed by atoms with Crippen molar-refractivity contribution < 1.29 is 14.3 Å². The SMILES string of the molecule is C[C@H](NC(=O)[C@@H](Cc1ccccc1)N(C)C)C(=O)N1CCOCC1. The third-order valence-corrected chi connectivity index (χ3v) is 4.25. The Morgan fingerprint density at radius 2 is 1.83 bits per heavy atom. The van der Waals surface area contributed by atoms with Crippen molar-refractivity contribution in [3.8, 4) is 0 Å². The van der Waals surface area contributed by atoms with Crippen LogP contribution in [0.2, 0.25) is 0 Å². The molecule has 2 atom stereocenters. The smallest absolute Gasteiger partial charge is 0.245 e. The molecule has 1 N–H and O–H groups in total. The van der Waals surface area contributed by atoms with Gasteiger partial charge in [0, 0.05) is 13.1 Å². The molecule has 1 saturated heterocycles. The number of hydrogen-bond donors (Lipinski definition) is 1. The van der Waals surface area contributed by atoms with Crippen molar-refractivity contribution >= 4 is 11.8 Å². The summed E-state index contributed by atoms with van der Waals surface area (Å²) in [7, 11) is 3.75. The third kappa shape index (κ3) is 5.04. The monoisotopic (exact) mass is 333 g/mol. The first-order valence-electron chi connectivity index (χ1n) is 8.36. The predicted octanol–water partition coefficient (Wildman–Crippen LogP) is 0.523. The van der Waals surface area contributed by atoms with E-state index in [0.29, 0.717) is 32.7 Å². The predicted molar refractivity (Wildman–Crippen MR) is 92.6 cm³/mol. The molecule has 0 radical (unpaired) electrons. The molecule has 1 aliphatic heterocycles. The molecule has 1 fully saturated rings. The van der Waals surface area contributed by atoms with Gasteiger partial charge in [0.15, 0.2) is 0 Å². The highest BCUT2D eigenvalue weighted by molar-refractivity contribution is 5.89. The van der Waals surface area contributed by atoms with E-state index in [0.717, 1.165) is 5.56 Å². The molecular weight excluding hydrogens is 306 g/mol. The van der Waals surface area contributed by atoms with Crippen LogP contribution in [0.3, 0.4) is 0 Å². The number of carbonyl (C=O) groups excluding carboxylic acids is 2. The van der Waals surface area contributed by atoms with Gasteiger partial charge in [-0.1, -0.05) is 30.3 Å². The topological polar surface area (TPSA) is 61.9 Å². The summed E-state index contributed by atoms with van der Waals surface area (Å²) in [5.41, 5.74) is 1.10. The summed E-state index contributed by atoms with van der Waals surface area (Å²) in [4.78, 5) is 28.7. The highest BCUT2D eigenvalue weighted by atomic mass is 16.5. The first kappa shape index (κ1) is 18.4. The van der Waals surface area contributed by atoms with E-state index in [1.54, 1.807) is 11.8 Å². The second-order valence-electron chi connectivity index (χ2n) is 6.34. The summed E-state index contributed by atoms with van der Waals surface area (Å²) in [5, 5.41) is 2.87. The van der Waals surface area contributed by atoms with Crippen LogP contribution in [0.15, 0.2) is 30.3 Å². The lowest BCUT2D eigenvalue weighted by atomic mass is 10.0. The molecule has 24 heavy (non-hydrogen) atoms. The Morgan fingerprint density at radius 3 is 2.42 bits per heavy atom. The maximum absolute atomic E-state index is 12.6. The summed E-state index contributed by atoms with van der Waals surface area (Å²) < 4.78 is 5.26. The van der Waals surface area contributed by atoms with Crippen LogP contribution < -0.4 is 5.32 Å². The van der Waals surface area contributed by atoms with Gasteiger partial charge >= 0.3 is 0 Å². The van der Waals surface area contributed by atoms with Crippen molar-refractivity contribution in [1.29, 1.82) is 0 Å². The minimum absolute atomic E-state index is 0.0520. The maximum atomic E-state index is 12.6. The van der Waals surface area contributed by atoms with Gasteiger partial charge in [0.1, 0.15) is 6.04 Å². The molecule has 6 nitrogen and oxygen atoms in total. The van der Waals surface area contributed by atoms with Crippen LogP contribution in [0.4, 0.5) is 0 Å². The molecule has 1 aliphatic rings. The van der Waals surface area contributed by atoms with E-state index < -0.39 is 6.04 Å². The van der Waals surface area contributed by atoms with Crippen molar-refractivity contribution in [3.05, 3.63) is 35.9 Å². The lowest BCUT2D eigenvalue weighted by Crippen LogP contribution is -2.54. The number of nitrogens with one attached hydrogen (secondary N) is 1. The van der Waals surface area contributed by atoms with E-state index in [1.807, 2.05) is 49.3 Å². The van der Waals surface area contributed by atoms with E-state index in [1.165, 1.54) is 0 Å². The van der Waals surface area contributed by atoms with Crippen molar-refractivity contribution in [2.75, 3.05) is 40.4 Å². The van der Waals surface area contributed by atoms with Crippen molar-refractivity contribution in [1.82, 2.24) is 15.1 Å². The van der Waals surface area contributed by atoms with Gasteiger partial charge in [-0.15, -0.1) is 0 Å². The van der Waals surface area contributed by atoms with Gasteiger partial charge < -0.3 is 15.0 Å². The van der Waals surface area contributed by atoms with E-state index in [4.69, 9.17) is 4.74 Å². The average molecular weight is 333 g/mol. The van der Waals surface area contributed by atoms with Gasteiger partial charge in [-0.3, -0.25) is 14.5 Å². The number of hydrogen-bond acceptors (Lipinski definition) is 4. The average Bonchev–Trinajstić information content (AvgIpc) is 2.60. The minimum atomic E-state index is -0.533. The maximum Gasteiger partial charge on any atom is 0.245 e. The van der Waals surface area contributed by atoms with Gasteiger partial charge in [0.05, 0.1) is 19.3 Å². The summed E-state index contributed by atoms with van der Waals surface area (Å²) in [6.07, 6.45) is 0.609. The molecule has 0 saturated carbocycles. The molecular formula is C18H27N3O3. The number of likely N-dealkylation sites (N-methyl/N-ethyl adjacent to an activating group) is 1. The van der Waals surface area contributed by atoms with E-state index in [-0.39, 0.29) is 17.9 Å². The Balaban J connectivity index is 1.95. The second-order valence-corrected chi connectivity index (χ2v) is 6.34.